The minimum Gasteiger partial charge on any atom is -0.312 e. The first-order valence-electron chi connectivity index (χ1n) is 8.18. The van der Waals surface area contributed by atoms with Crippen LogP contribution in [0.15, 0.2) is 70.4 Å². The average molecular weight is 435 g/mol. The highest BCUT2D eigenvalue weighted by molar-refractivity contribution is 7.87. The molecule has 1 aromatic heterocycles. The topological polar surface area (TPSA) is 156 Å². The molecule has 3 aromatic rings. The summed E-state index contributed by atoms with van der Waals surface area (Å²) in [5.74, 6) is -1.47. The molecule has 1 amide bonds. The monoisotopic (exact) mass is 435 g/mol. The summed E-state index contributed by atoms with van der Waals surface area (Å²) in [5, 5.41) is 0.521. The molecule has 0 aliphatic rings. The van der Waals surface area contributed by atoms with Gasteiger partial charge in [-0.15, -0.1) is 4.41 Å². The second-order valence-electron chi connectivity index (χ2n) is 5.77. The first-order chi connectivity index (χ1) is 14.2. The third kappa shape index (κ3) is 4.53. The van der Waals surface area contributed by atoms with Crippen molar-refractivity contribution in [3.63, 3.8) is 0 Å². The molecule has 0 radical (unpaired) electrons. The van der Waals surface area contributed by atoms with E-state index in [1.807, 2.05) is 4.98 Å². The maximum atomic E-state index is 13.4. The van der Waals surface area contributed by atoms with Gasteiger partial charge in [0, 0.05) is 11.8 Å². The third-order valence-corrected chi connectivity index (χ3v) is 4.52. The van der Waals surface area contributed by atoms with Gasteiger partial charge in [-0.3, -0.25) is 19.1 Å². The zero-order chi connectivity index (χ0) is 21.9. The van der Waals surface area contributed by atoms with Crippen LogP contribution in [0.1, 0.15) is 10.4 Å². The Kier molecular flexibility index (Phi) is 5.66. The lowest BCUT2D eigenvalue weighted by molar-refractivity contribution is 0.0949. The van der Waals surface area contributed by atoms with Gasteiger partial charge in [0.05, 0.1) is 5.69 Å². The zero-order valence-corrected chi connectivity index (χ0v) is 15.8. The minimum atomic E-state index is -5.23. The first kappa shape index (κ1) is 20.8. The fourth-order valence-corrected chi connectivity index (χ4v) is 3.15. The molecule has 0 aliphatic carbocycles. The summed E-state index contributed by atoms with van der Waals surface area (Å²) in [6, 6.07) is 11.8. The second-order valence-corrected chi connectivity index (χ2v) is 7.01. The number of nitrogens with zero attached hydrogens (tertiary/aromatic N) is 2. The molecule has 0 atom stereocenters. The van der Waals surface area contributed by atoms with E-state index in [4.69, 9.17) is 0 Å². The third-order valence-electron chi connectivity index (χ3n) is 3.72. The first-order valence-corrected chi connectivity index (χ1v) is 9.58. The van der Waals surface area contributed by atoms with E-state index in [2.05, 4.69) is 10.4 Å². The van der Waals surface area contributed by atoms with E-state index in [0.717, 1.165) is 30.5 Å². The van der Waals surface area contributed by atoms with Crippen LogP contribution in [0.4, 0.5) is 15.8 Å². The van der Waals surface area contributed by atoms with E-state index < -0.39 is 39.0 Å². The zero-order valence-electron chi connectivity index (χ0n) is 14.9. The van der Waals surface area contributed by atoms with Gasteiger partial charge in [-0.2, -0.15) is 13.5 Å². The number of aromatic amines is 2. The summed E-state index contributed by atoms with van der Waals surface area (Å²) in [7, 11) is -5.23. The molecule has 0 saturated heterocycles. The van der Waals surface area contributed by atoms with E-state index in [-0.39, 0.29) is 15.7 Å². The fraction of sp³-hybridized carbons (Fsp3) is 0. The fourth-order valence-electron chi connectivity index (χ4n) is 2.43. The number of hydrogen-bond donors (Lipinski definition) is 4. The highest BCUT2D eigenvalue weighted by atomic mass is 32.2. The Morgan fingerprint density at radius 1 is 1.03 bits per heavy atom. The molecule has 4 N–H and O–H groups in total. The maximum absolute atomic E-state index is 13.4. The Balaban J connectivity index is 2.16. The van der Waals surface area contributed by atoms with Gasteiger partial charge in [0.1, 0.15) is 5.82 Å². The Labute approximate surface area is 168 Å². The molecule has 0 bridgehead atoms. The van der Waals surface area contributed by atoms with Crippen LogP contribution in [0.3, 0.4) is 0 Å². The predicted molar refractivity (Wildman–Crippen MR) is 104 cm³/mol. The smallest absolute Gasteiger partial charge is 0.312 e. The molecular weight excluding hydrogens is 421 g/mol. The predicted octanol–water partition coefficient (Wildman–Crippen LogP) is 0.578. The van der Waals surface area contributed by atoms with Crippen molar-refractivity contribution in [2.75, 3.05) is 9.53 Å². The minimum absolute atomic E-state index is 0.0376. The Bertz CT molecular complexity index is 1270. The number of carbonyl (C=O) groups is 1. The molecule has 3 rings (SSSR count). The van der Waals surface area contributed by atoms with Crippen LogP contribution in [-0.2, 0) is 10.3 Å². The van der Waals surface area contributed by atoms with Crippen molar-refractivity contribution in [3.8, 4) is 0 Å². The number of rotatable bonds is 6. The number of anilines is 2. The highest BCUT2D eigenvalue weighted by Crippen LogP contribution is 2.21. The molecule has 0 unspecified atom stereocenters. The molecule has 0 saturated carbocycles. The van der Waals surface area contributed by atoms with Crippen molar-refractivity contribution < 1.29 is 22.2 Å². The summed E-state index contributed by atoms with van der Waals surface area (Å²) in [6.07, 6.45) is 0.722. The van der Waals surface area contributed by atoms with Gasteiger partial charge in [-0.25, -0.2) is 14.6 Å². The molecule has 0 aliphatic heterocycles. The van der Waals surface area contributed by atoms with Crippen LogP contribution in [0, 0.1) is 5.82 Å². The van der Waals surface area contributed by atoms with Gasteiger partial charge < -0.3 is 4.98 Å². The lowest BCUT2D eigenvalue weighted by Crippen LogP contribution is -2.57. The van der Waals surface area contributed by atoms with Gasteiger partial charge in [0.2, 0.25) is 0 Å². The number of benzene rings is 2. The Morgan fingerprint density at radius 3 is 2.23 bits per heavy atom. The number of hydrogen-bond acceptors (Lipinski definition) is 6. The maximum Gasteiger partial charge on any atom is 0.379 e. The van der Waals surface area contributed by atoms with E-state index in [9.17, 15) is 31.7 Å². The summed E-state index contributed by atoms with van der Waals surface area (Å²) in [5.41, 5.74) is -0.652. The van der Waals surface area contributed by atoms with E-state index in [1.165, 1.54) is 12.1 Å². The summed E-state index contributed by atoms with van der Waals surface area (Å²) < 4.78 is 47.5. The number of nitrogens with one attached hydrogen (secondary N) is 3. The molecule has 0 spiro atoms. The van der Waals surface area contributed by atoms with Gasteiger partial charge in [-0.1, -0.05) is 18.2 Å². The van der Waals surface area contributed by atoms with Gasteiger partial charge >= 0.3 is 16.0 Å². The molecule has 0 fully saturated rings. The number of carbonyl (C=O) groups excluding carboxylic acids is 1. The van der Waals surface area contributed by atoms with Crippen molar-refractivity contribution in [2.24, 2.45) is 0 Å². The number of amides is 1. The quantitative estimate of drug-likeness (QED) is 0.326. The number of H-pyrrole nitrogens is 2. The number of aromatic nitrogens is 2. The van der Waals surface area contributed by atoms with Crippen LogP contribution in [-0.4, -0.2) is 28.8 Å². The Hall–Kier alpha value is -3.97. The number of halogens is 1. The molecule has 2 aromatic carbocycles. The standard InChI is InChI=1S/C17H14FN5O6S/c18-12-6-8-13(9-7-12)22(21-15(24)11-4-2-1-3-5-11)23(30(27,28)29)14-10-19-17(26)20-16(14)25/h1-10H,(H,21,24)(H,27,28,29)(H2,19,20,25,26). The van der Waals surface area contributed by atoms with E-state index in [1.54, 1.807) is 18.2 Å². The van der Waals surface area contributed by atoms with E-state index >= 15 is 0 Å². The van der Waals surface area contributed by atoms with Crippen molar-refractivity contribution in [1.29, 1.82) is 0 Å². The van der Waals surface area contributed by atoms with Crippen LogP contribution >= 0.6 is 0 Å². The largest absolute Gasteiger partial charge is 0.379 e. The molecular formula is C17H14FN5O6S. The van der Waals surface area contributed by atoms with Crippen LogP contribution < -0.4 is 26.2 Å². The van der Waals surface area contributed by atoms with E-state index in [0.29, 0.717) is 5.12 Å². The molecule has 13 heteroatoms. The van der Waals surface area contributed by atoms with Gasteiger partial charge in [0.15, 0.2) is 5.69 Å². The van der Waals surface area contributed by atoms with Crippen LogP contribution in [0.25, 0.3) is 0 Å². The summed E-state index contributed by atoms with van der Waals surface area (Å²) in [4.78, 5) is 40.0. The highest BCUT2D eigenvalue weighted by Gasteiger charge is 2.32. The lowest BCUT2D eigenvalue weighted by Gasteiger charge is -2.33. The average Bonchev–Trinajstić information content (AvgIpc) is 2.69. The summed E-state index contributed by atoms with van der Waals surface area (Å²) >= 11 is 0. The van der Waals surface area contributed by atoms with Crippen molar-refractivity contribution >= 4 is 27.6 Å². The van der Waals surface area contributed by atoms with Crippen LogP contribution in [0.2, 0.25) is 0 Å². The van der Waals surface area contributed by atoms with Crippen LogP contribution in [0.5, 0.6) is 0 Å². The van der Waals surface area contributed by atoms with Crippen molar-refractivity contribution in [3.05, 3.63) is 93.0 Å². The van der Waals surface area contributed by atoms with Gasteiger partial charge in [0.25, 0.3) is 11.5 Å². The Morgan fingerprint density at radius 2 is 1.67 bits per heavy atom. The van der Waals surface area contributed by atoms with Crippen molar-refractivity contribution in [1.82, 2.24) is 15.4 Å². The number of hydrazine groups is 2. The lowest BCUT2D eigenvalue weighted by atomic mass is 10.2. The van der Waals surface area contributed by atoms with Gasteiger partial charge in [-0.05, 0) is 36.4 Å². The SMILES string of the molecule is O=C(NN(c1ccc(F)cc1)N(c1c[nH]c(=O)[nH]c1=O)S(=O)(=O)O)c1ccccc1. The molecule has 30 heavy (non-hydrogen) atoms. The van der Waals surface area contributed by atoms with Crippen molar-refractivity contribution in [2.45, 2.75) is 0 Å². The molecule has 11 nitrogen and oxygen atoms in total. The molecule has 156 valence electrons. The summed E-state index contributed by atoms with van der Waals surface area (Å²) in [6.45, 7) is 0. The second kappa shape index (κ2) is 8.18. The normalized spacial score (nSPS) is 11.0. The molecule has 1 heterocycles.